The average molecular weight is 254 g/mol. The first-order chi connectivity index (χ1) is 9.15. The second-order valence-corrected chi connectivity index (χ2v) is 4.39. The van der Waals surface area contributed by atoms with Gasteiger partial charge in [0, 0.05) is 5.56 Å². The molecule has 4 heteroatoms. The number of para-hydroxylation sites is 1. The third kappa shape index (κ3) is 2.01. The molecule has 94 valence electrons. The molecule has 0 aromatic heterocycles. The minimum absolute atomic E-state index is 0.228. The maximum absolute atomic E-state index is 12.8. The number of benzene rings is 2. The van der Waals surface area contributed by atoms with Crippen molar-refractivity contribution in [2.75, 3.05) is 5.32 Å². The third-order valence-corrected chi connectivity index (χ3v) is 3.05. The molecule has 0 atom stereocenters. The molecule has 0 saturated carbocycles. The quantitative estimate of drug-likeness (QED) is 0.834. The number of halogens is 1. The van der Waals surface area contributed by atoms with E-state index in [-0.39, 0.29) is 11.7 Å². The van der Waals surface area contributed by atoms with Crippen molar-refractivity contribution in [1.82, 2.24) is 0 Å². The molecule has 1 aliphatic rings. The number of fused-ring (bicyclic) bond motifs is 1. The molecule has 1 N–H and O–H groups in total. The highest BCUT2D eigenvalue weighted by molar-refractivity contribution is 6.54. The van der Waals surface area contributed by atoms with Crippen molar-refractivity contribution in [3.8, 4) is 0 Å². The number of nitrogens with one attached hydrogen (secondary N) is 1. The molecule has 2 aromatic carbocycles. The summed E-state index contributed by atoms with van der Waals surface area (Å²) in [5, 5.41) is 2.80. The van der Waals surface area contributed by atoms with Gasteiger partial charge in [0.2, 0.25) is 0 Å². The van der Waals surface area contributed by atoms with Crippen LogP contribution in [0.5, 0.6) is 0 Å². The van der Waals surface area contributed by atoms with Crippen LogP contribution in [0.4, 0.5) is 15.8 Å². The van der Waals surface area contributed by atoms with E-state index in [9.17, 15) is 9.18 Å². The van der Waals surface area contributed by atoms with Crippen molar-refractivity contribution in [2.24, 2.45) is 4.99 Å². The predicted molar refractivity (Wildman–Crippen MR) is 72.4 cm³/mol. The monoisotopic (exact) mass is 254 g/mol. The van der Waals surface area contributed by atoms with E-state index in [0.29, 0.717) is 11.4 Å². The molecule has 1 heterocycles. The minimum atomic E-state index is -0.323. The largest absolute Gasteiger partial charge is 0.320 e. The van der Waals surface area contributed by atoms with Crippen LogP contribution >= 0.6 is 0 Å². The van der Waals surface area contributed by atoms with Crippen molar-refractivity contribution in [1.29, 1.82) is 0 Å². The number of hydrogen-bond acceptors (Lipinski definition) is 2. The zero-order valence-corrected chi connectivity index (χ0v) is 10.3. The number of aryl methyl sites for hydroxylation is 1. The zero-order chi connectivity index (χ0) is 13.4. The van der Waals surface area contributed by atoms with Crippen molar-refractivity contribution in [3.05, 3.63) is 59.4 Å². The fraction of sp³-hybridized carbons (Fsp3) is 0.0667. The number of carbonyl (C=O) groups is 1. The van der Waals surface area contributed by atoms with E-state index in [1.807, 2.05) is 25.1 Å². The van der Waals surface area contributed by atoms with Crippen LogP contribution in [0.2, 0.25) is 0 Å². The van der Waals surface area contributed by atoms with Crippen molar-refractivity contribution >= 4 is 23.0 Å². The van der Waals surface area contributed by atoms with Crippen LogP contribution in [0.15, 0.2) is 47.5 Å². The Morgan fingerprint density at radius 1 is 1.11 bits per heavy atom. The van der Waals surface area contributed by atoms with Gasteiger partial charge in [-0.15, -0.1) is 0 Å². The van der Waals surface area contributed by atoms with E-state index >= 15 is 0 Å². The Morgan fingerprint density at radius 2 is 1.84 bits per heavy atom. The van der Waals surface area contributed by atoms with Gasteiger partial charge in [0.1, 0.15) is 11.5 Å². The first-order valence-corrected chi connectivity index (χ1v) is 5.91. The normalized spacial score (nSPS) is 15.5. The Balaban J connectivity index is 2.09. The van der Waals surface area contributed by atoms with Gasteiger partial charge >= 0.3 is 0 Å². The van der Waals surface area contributed by atoms with Gasteiger partial charge in [-0.3, -0.25) is 4.79 Å². The maximum Gasteiger partial charge on any atom is 0.275 e. The molecule has 0 aliphatic carbocycles. The van der Waals surface area contributed by atoms with Gasteiger partial charge in [-0.1, -0.05) is 18.2 Å². The van der Waals surface area contributed by atoms with Crippen LogP contribution in [-0.4, -0.2) is 11.6 Å². The number of hydrogen-bond donors (Lipinski definition) is 1. The number of anilines is 1. The second kappa shape index (κ2) is 4.31. The van der Waals surface area contributed by atoms with Gasteiger partial charge in [0.25, 0.3) is 5.91 Å². The predicted octanol–water partition coefficient (Wildman–Crippen LogP) is 3.21. The lowest BCUT2D eigenvalue weighted by atomic mass is 10.1. The summed E-state index contributed by atoms with van der Waals surface area (Å²) in [4.78, 5) is 16.2. The molecule has 0 spiro atoms. The van der Waals surface area contributed by atoms with Gasteiger partial charge in [-0.05, 0) is 36.8 Å². The van der Waals surface area contributed by atoms with Crippen LogP contribution in [0.25, 0.3) is 0 Å². The van der Waals surface area contributed by atoms with Crippen LogP contribution in [-0.2, 0) is 4.79 Å². The molecule has 0 radical (unpaired) electrons. The fourth-order valence-electron chi connectivity index (χ4n) is 2.08. The molecule has 0 unspecified atom stereocenters. The maximum atomic E-state index is 12.8. The van der Waals surface area contributed by atoms with E-state index in [0.717, 1.165) is 16.8 Å². The molecular formula is C15H11FN2O. The van der Waals surface area contributed by atoms with Crippen molar-refractivity contribution < 1.29 is 9.18 Å². The Bertz CT molecular complexity index is 690. The average Bonchev–Trinajstić information content (AvgIpc) is 2.71. The molecule has 2 aromatic rings. The van der Waals surface area contributed by atoms with Gasteiger partial charge in [0.05, 0.1) is 11.4 Å². The fourth-order valence-corrected chi connectivity index (χ4v) is 2.08. The molecule has 19 heavy (non-hydrogen) atoms. The number of amides is 1. The summed E-state index contributed by atoms with van der Waals surface area (Å²) in [5.41, 5.74) is 3.50. The first-order valence-electron chi connectivity index (χ1n) is 5.91. The summed E-state index contributed by atoms with van der Waals surface area (Å²) in [6.45, 7) is 1.93. The highest BCUT2D eigenvalue weighted by atomic mass is 19.1. The molecule has 0 fully saturated rings. The molecule has 3 nitrogen and oxygen atoms in total. The Hall–Kier alpha value is -2.49. The Kier molecular flexibility index (Phi) is 2.63. The van der Waals surface area contributed by atoms with E-state index in [2.05, 4.69) is 10.3 Å². The lowest BCUT2D eigenvalue weighted by Crippen LogP contribution is -2.13. The van der Waals surface area contributed by atoms with E-state index < -0.39 is 0 Å². The second-order valence-electron chi connectivity index (χ2n) is 4.39. The summed E-state index contributed by atoms with van der Waals surface area (Å²) in [6.07, 6.45) is 0. The van der Waals surface area contributed by atoms with Gasteiger partial charge in [-0.2, -0.15) is 0 Å². The van der Waals surface area contributed by atoms with Crippen molar-refractivity contribution in [3.63, 3.8) is 0 Å². The molecule has 0 saturated heterocycles. The number of aliphatic imine (C=N–C) groups is 1. The van der Waals surface area contributed by atoms with E-state index in [1.54, 1.807) is 12.1 Å². The highest BCUT2D eigenvalue weighted by Crippen LogP contribution is 2.28. The summed E-state index contributed by atoms with van der Waals surface area (Å²) in [7, 11) is 0. The Morgan fingerprint density at radius 3 is 2.58 bits per heavy atom. The Labute approximate surface area is 109 Å². The van der Waals surface area contributed by atoms with E-state index in [1.165, 1.54) is 12.1 Å². The SMILES string of the molecule is Cc1cccc2c1NC(=O)C2=Nc1ccc(F)cc1. The molecule has 0 bridgehead atoms. The number of carbonyl (C=O) groups excluding carboxylic acids is 1. The van der Waals surface area contributed by atoms with Gasteiger partial charge < -0.3 is 5.32 Å². The van der Waals surface area contributed by atoms with Crippen molar-refractivity contribution in [2.45, 2.75) is 6.92 Å². The molecule has 1 aliphatic heterocycles. The standard InChI is InChI=1S/C15H11FN2O/c1-9-3-2-4-12-13(9)18-15(19)14(12)17-11-7-5-10(16)6-8-11/h2-8H,1H3,(H,17,18,19). The van der Waals surface area contributed by atoms with Gasteiger partial charge in [0.15, 0.2) is 0 Å². The van der Waals surface area contributed by atoms with Crippen LogP contribution in [0.3, 0.4) is 0 Å². The van der Waals surface area contributed by atoms with E-state index in [4.69, 9.17) is 0 Å². The van der Waals surface area contributed by atoms with Crippen LogP contribution in [0, 0.1) is 12.7 Å². The first kappa shape index (κ1) is 11.6. The van der Waals surface area contributed by atoms with Gasteiger partial charge in [-0.25, -0.2) is 9.38 Å². The summed E-state index contributed by atoms with van der Waals surface area (Å²) >= 11 is 0. The van der Waals surface area contributed by atoms with Crippen LogP contribution in [0.1, 0.15) is 11.1 Å². The number of nitrogens with zero attached hydrogens (tertiary/aromatic N) is 1. The summed E-state index contributed by atoms with van der Waals surface area (Å²) in [6, 6.07) is 11.4. The zero-order valence-electron chi connectivity index (χ0n) is 10.3. The molecule has 3 rings (SSSR count). The summed E-state index contributed by atoms with van der Waals surface area (Å²) < 4.78 is 12.8. The highest BCUT2D eigenvalue weighted by Gasteiger charge is 2.26. The minimum Gasteiger partial charge on any atom is -0.320 e. The molecular weight excluding hydrogens is 243 g/mol. The lowest BCUT2D eigenvalue weighted by molar-refractivity contribution is -0.110. The smallest absolute Gasteiger partial charge is 0.275 e. The lowest BCUT2D eigenvalue weighted by Gasteiger charge is -2.01. The summed E-state index contributed by atoms with van der Waals surface area (Å²) in [5.74, 6) is -0.551. The van der Waals surface area contributed by atoms with Crippen LogP contribution < -0.4 is 5.32 Å². The topological polar surface area (TPSA) is 41.5 Å². The molecule has 1 amide bonds. The number of rotatable bonds is 1. The third-order valence-electron chi connectivity index (χ3n) is 3.05.